The van der Waals surface area contributed by atoms with Gasteiger partial charge < -0.3 is 11.5 Å². The first-order valence-corrected chi connectivity index (χ1v) is 3.44. The van der Waals surface area contributed by atoms with Crippen LogP contribution in [0.3, 0.4) is 0 Å². The van der Waals surface area contributed by atoms with E-state index in [1.165, 1.54) is 6.20 Å². The Hall–Kier alpha value is -0.920. The predicted octanol–water partition coefficient (Wildman–Crippen LogP) is 1.35. The van der Waals surface area contributed by atoms with Crippen molar-refractivity contribution in [3.63, 3.8) is 0 Å². The highest BCUT2D eigenvalue weighted by Gasteiger charge is 2.00. The van der Waals surface area contributed by atoms with Crippen molar-refractivity contribution in [3.05, 3.63) is 23.5 Å². The van der Waals surface area contributed by atoms with Gasteiger partial charge in [-0.25, -0.2) is 0 Å². The van der Waals surface area contributed by atoms with Gasteiger partial charge >= 0.3 is 0 Å². The van der Waals surface area contributed by atoms with Gasteiger partial charge in [-0.2, -0.15) is 0 Å². The average Bonchev–Trinajstić information content (AvgIpc) is 1.81. The summed E-state index contributed by atoms with van der Waals surface area (Å²) < 4.78 is 0. The fourth-order valence-electron chi connectivity index (χ4n) is 0.883. The van der Waals surface area contributed by atoms with Gasteiger partial charge in [-0.05, 0) is 30.7 Å². The number of allylic oxidation sites excluding steroid dienone is 3. The minimum atomic E-state index is 0.449. The van der Waals surface area contributed by atoms with E-state index in [1.54, 1.807) is 0 Å². The average molecular weight is 140 g/mol. The van der Waals surface area contributed by atoms with E-state index >= 15 is 0 Å². The molecule has 0 aliphatic rings. The fraction of sp³-hybridized carbons (Fsp3) is 0.500. The van der Waals surface area contributed by atoms with Crippen LogP contribution in [0.15, 0.2) is 23.5 Å². The Morgan fingerprint density at radius 3 is 2.00 bits per heavy atom. The van der Waals surface area contributed by atoms with Crippen LogP contribution in [0.25, 0.3) is 0 Å². The van der Waals surface area contributed by atoms with Crippen LogP contribution in [0.5, 0.6) is 0 Å². The molecular formula is C8H16N2. The molecule has 0 aromatic carbocycles. The maximum absolute atomic E-state index is 5.60. The Morgan fingerprint density at radius 2 is 1.90 bits per heavy atom. The van der Waals surface area contributed by atoms with Gasteiger partial charge in [0.15, 0.2) is 0 Å². The van der Waals surface area contributed by atoms with Crippen LogP contribution in [0.1, 0.15) is 20.8 Å². The van der Waals surface area contributed by atoms with Crippen LogP contribution in [0.4, 0.5) is 0 Å². The molecule has 0 amide bonds. The number of nitrogens with two attached hydrogens (primary N) is 2. The van der Waals surface area contributed by atoms with E-state index in [-0.39, 0.29) is 0 Å². The Bertz CT molecular complexity index is 151. The number of hydrogen-bond acceptors (Lipinski definition) is 2. The third-order valence-corrected chi connectivity index (χ3v) is 1.35. The fourth-order valence-corrected chi connectivity index (χ4v) is 0.883. The molecule has 2 heteroatoms. The van der Waals surface area contributed by atoms with E-state index in [4.69, 9.17) is 11.5 Å². The largest absolute Gasteiger partial charge is 0.405 e. The summed E-state index contributed by atoms with van der Waals surface area (Å²) in [7, 11) is 0. The standard InChI is InChI=1S/C8H16N2/c1-6(2)8(4-5-9)7(3)10/h4-6H,9-10H2,1-3H3/b5-4-,8-7+. The lowest BCUT2D eigenvalue weighted by atomic mass is 10.0. The quantitative estimate of drug-likeness (QED) is 0.569. The molecule has 0 radical (unpaired) electrons. The minimum Gasteiger partial charge on any atom is -0.405 e. The van der Waals surface area contributed by atoms with Crippen molar-refractivity contribution < 1.29 is 0 Å². The zero-order chi connectivity index (χ0) is 8.15. The summed E-state index contributed by atoms with van der Waals surface area (Å²) in [5, 5.41) is 0. The molecule has 10 heavy (non-hydrogen) atoms. The molecule has 0 spiro atoms. The van der Waals surface area contributed by atoms with E-state index in [1.807, 2.05) is 13.0 Å². The van der Waals surface area contributed by atoms with Crippen molar-refractivity contribution in [1.29, 1.82) is 0 Å². The third-order valence-electron chi connectivity index (χ3n) is 1.35. The zero-order valence-electron chi connectivity index (χ0n) is 6.89. The molecule has 4 N–H and O–H groups in total. The number of rotatable bonds is 2. The SMILES string of the molecule is C/C(N)=C(/C=C\N)C(C)C. The van der Waals surface area contributed by atoms with Gasteiger partial charge in [-0.3, -0.25) is 0 Å². The predicted molar refractivity (Wildman–Crippen MR) is 45.1 cm³/mol. The third kappa shape index (κ3) is 2.58. The van der Waals surface area contributed by atoms with E-state index in [9.17, 15) is 0 Å². The molecule has 0 saturated heterocycles. The Morgan fingerprint density at radius 1 is 1.40 bits per heavy atom. The molecule has 0 saturated carbocycles. The summed E-state index contributed by atoms with van der Waals surface area (Å²) in [4.78, 5) is 0. The smallest absolute Gasteiger partial charge is 0.00845 e. The highest BCUT2D eigenvalue weighted by Crippen LogP contribution is 2.12. The highest BCUT2D eigenvalue weighted by molar-refractivity contribution is 5.23. The molecule has 0 aliphatic carbocycles. The Balaban J connectivity index is 4.44. The van der Waals surface area contributed by atoms with E-state index in [0.29, 0.717) is 5.92 Å². The topological polar surface area (TPSA) is 52.0 Å². The van der Waals surface area contributed by atoms with Crippen LogP contribution in [-0.2, 0) is 0 Å². The molecule has 0 aromatic heterocycles. The van der Waals surface area contributed by atoms with Gasteiger partial charge in [0, 0.05) is 5.70 Å². The van der Waals surface area contributed by atoms with Gasteiger partial charge in [0.1, 0.15) is 0 Å². The zero-order valence-corrected chi connectivity index (χ0v) is 6.89. The second-order valence-electron chi connectivity index (χ2n) is 2.65. The molecule has 0 heterocycles. The first-order valence-electron chi connectivity index (χ1n) is 3.44. The summed E-state index contributed by atoms with van der Waals surface area (Å²) in [6, 6.07) is 0. The lowest BCUT2D eigenvalue weighted by Gasteiger charge is -2.07. The van der Waals surface area contributed by atoms with Crippen LogP contribution in [-0.4, -0.2) is 0 Å². The maximum Gasteiger partial charge on any atom is 0.00845 e. The number of hydrogen-bond donors (Lipinski definition) is 2. The van der Waals surface area contributed by atoms with E-state index < -0.39 is 0 Å². The molecule has 2 nitrogen and oxygen atoms in total. The summed E-state index contributed by atoms with van der Waals surface area (Å²) in [6.45, 7) is 6.06. The lowest BCUT2D eigenvalue weighted by molar-refractivity contribution is 0.776. The van der Waals surface area contributed by atoms with Crippen molar-refractivity contribution in [2.45, 2.75) is 20.8 Å². The van der Waals surface area contributed by atoms with Crippen LogP contribution in [0, 0.1) is 5.92 Å². The van der Waals surface area contributed by atoms with Gasteiger partial charge in [0.25, 0.3) is 0 Å². The molecule has 0 aliphatic heterocycles. The van der Waals surface area contributed by atoms with Gasteiger partial charge in [-0.1, -0.05) is 13.8 Å². The summed E-state index contributed by atoms with van der Waals surface area (Å²) >= 11 is 0. The summed E-state index contributed by atoms with van der Waals surface area (Å²) in [5.74, 6) is 0.449. The molecule has 0 rings (SSSR count). The second-order valence-corrected chi connectivity index (χ2v) is 2.65. The monoisotopic (exact) mass is 140 g/mol. The van der Waals surface area contributed by atoms with Crippen molar-refractivity contribution in [2.24, 2.45) is 17.4 Å². The Labute approximate surface area is 62.6 Å². The molecular weight excluding hydrogens is 124 g/mol. The summed E-state index contributed by atoms with van der Waals surface area (Å²) in [6.07, 6.45) is 3.37. The molecule has 58 valence electrons. The first kappa shape index (κ1) is 9.08. The Kier molecular flexibility index (Phi) is 3.62. The minimum absolute atomic E-state index is 0.449. The second kappa shape index (κ2) is 3.99. The van der Waals surface area contributed by atoms with Crippen molar-refractivity contribution in [2.75, 3.05) is 0 Å². The van der Waals surface area contributed by atoms with Crippen molar-refractivity contribution in [3.8, 4) is 0 Å². The van der Waals surface area contributed by atoms with E-state index in [0.717, 1.165) is 11.3 Å². The first-order chi connectivity index (χ1) is 4.59. The molecule has 0 atom stereocenters. The van der Waals surface area contributed by atoms with Gasteiger partial charge in [0.2, 0.25) is 0 Å². The van der Waals surface area contributed by atoms with Crippen molar-refractivity contribution in [1.82, 2.24) is 0 Å². The van der Waals surface area contributed by atoms with Crippen LogP contribution in [0.2, 0.25) is 0 Å². The van der Waals surface area contributed by atoms with Crippen LogP contribution < -0.4 is 11.5 Å². The molecule has 0 aromatic rings. The van der Waals surface area contributed by atoms with Crippen molar-refractivity contribution >= 4 is 0 Å². The van der Waals surface area contributed by atoms with E-state index in [2.05, 4.69) is 13.8 Å². The lowest BCUT2D eigenvalue weighted by Crippen LogP contribution is -2.02. The van der Waals surface area contributed by atoms with Gasteiger partial charge in [-0.15, -0.1) is 0 Å². The maximum atomic E-state index is 5.60. The highest BCUT2D eigenvalue weighted by atomic mass is 14.6. The molecule has 0 fully saturated rings. The summed E-state index contributed by atoms with van der Waals surface area (Å²) in [5.41, 5.74) is 12.8. The molecule has 0 unspecified atom stereocenters. The normalized spacial score (nSPS) is 14.4. The van der Waals surface area contributed by atoms with Gasteiger partial charge in [0.05, 0.1) is 0 Å². The van der Waals surface area contributed by atoms with Crippen LogP contribution >= 0.6 is 0 Å². The molecule has 0 bridgehead atoms.